The monoisotopic (exact) mass is 362 g/mol. The topological polar surface area (TPSA) is 119 Å². The van der Waals surface area contributed by atoms with Gasteiger partial charge in [-0.05, 0) is 39.4 Å². The van der Waals surface area contributed by atoms with E-state index in [1.54, 1.807) is 6.33 Å². The number of rotatable bonds is 8. The third-order valence-corrected chi connectivity index (χ3v) is 5.05. The number of hydrogen-bond acceptors (Lipinski definition) is 8. The van der Waals surface area contributed by atoms with Gasteiger partial charge in [0.05, 0.1) is 12.9 Å². The van der Waals surface area contributed by atoms with Gasteiger partial charge in [0.25, 0.3) is 0 Å². The standard InChI is InChI=1S/C17H26N6O3/c1-22(2)5-3-4-14(25)26-8-12-11(7-24)6-13(12)23-10-21-15-16(18)19-9-20-17(15)23/h9-13,24H,3-8H2,1-2H3,(H2,18,19,20)/t11-,12-,13-/m1/s1. The van der Waals surface area contributed by atoms with Crippen LogP contribution >= 0.6 is 0 Å². The summed E-state index contributed by atoms with van der Waals surface area (Å²) < 4.78 is 7.41. The van der Waals surface area contributed by atoms with Crippen LogP contribution in [0.3, 0.4) is 0 Å². The molecule has 2 aromatic rings. The van der Waals surface area contributed by atoms with Gasteiger partial charge >= 0.3 is 5.97 Å². The van der Waals surface area contributed by atoms with E-state index in [9.17, 15) is 9.90 Å². The van der Waals surface area contributed by atoms with Crippen molar-refractivity contribution < 1.29 is 14.6 Å². The van der Waals surface area contributed by atoms with E-state index in [0.29, 0.717) is 23.4 Å². The van der Waals surface area contributed by atoms with Crippen molar-refractivity contribution in [3.8, 4) is 0 Å². The summed E-state index contributed by atoms with van der Waals surface area (Å²) in [5.41, 5.74) is 7.08. The molecule has 0 unspecified atom stereocenters. The molecule has 1 fully saturated rings. The number of imidazole rings is 1. The minimum atomic E-state index is -0.198. The number of fused-ring (bicyclic) bond motifs is 1. The molecule has 1 aliphatic carbocycles. The van der Waals surface area contributed by atoms with E-state index < -0.39 is 0 Å². The number of carbonyl (C=O) groups excluding carboxylic acids is 1. The zero-order chi connectivity index (χ0) is 18.7. The summed E-state index contributed by atoms with van der Waals surface area (Å²) in [6, 6.07) is 0.0704. The Balaban J connectivity index is 1.63. The van der Waals surface area contributed by atoms with E-state index >= 15 is 0 Å². The van der Waals surface area contributed by atoms with Crippen molar-refractivity contribution in [2.24, 2.45) is 11.8 Å². The predicted octanol–water partition coefficient (Wildman–Crippen LogP) is 0.463. The highest BCUT2D eigenvalue weighted by atomic mass is 16.5. The number of nitrogen functional groups attached to an aromatic ring is 1. The van der Waals surface area contributed by atoms with Crippen LogP contribution in [0.15, 0.2) is 12.7 Å². The number of aromatic nitrogens is 4. The summed E-state index contributed by atoms with van der Waals surface area (Å²) in [7, 11) is 3.95. The Kier molecular flexibility index (Phi) is 5.67. The molecule has 0 bridgehead atoms. The number of aliphatic hydroxyl groups is 1. The third kappa shape index (κ3) is 3.78. The Morgan fingerprint density at radius 2 is 2.23 bits per heavy atom. The van der Waals surface area contributed by atoms with E-state index in [0.717, 1.165) is 19.4 Å². The fourth-order valence-corrected chi connectivity index (χ4v) is 3.47. The maximum absolute atomic E-state index is 12.0. The zero-order valence-electron chi connectivity index (χ0n) is 15.2. The SMILES string of the molecule is CN(C)CCCC(=O)OC[C@@H]1[C@@H](CO)C[C@H]1n1cnc2c(N)ncnc21. The van der Waals surface area contributed by atoms with Gasteiger partial charge in [-0.15, -0.1) is 0 Å². The highest BCUT2D eigenvalue weighted by Crippen LogP contribution is 2.45. The molecule has 2 aromatic heterocycles. The second-order valence-corrected chi connectivity index (χ2v) is 7.08. The maximum atomic E-state index is 12.0. The van der Waals surface area contributed by atoms with Crippen LogP contribution in [0, 0.1) is 11.8 Å². The second-order valence-electron chi connectivity index (χ2n) is 7.08. The molecule has 1 aliphatic rings. The van der Waals surface area contributed by atoms with Gasteiger partial charge in [-0.2, -0.15) is 0 Å². The van der Waals surface area contributed by atoms with Gasteiger partial charge in [0, 0.05) is 25.0 Å². The largest absolute Gasteiger partial charge is 0.465 e. The lowest BCUT2D eigenvalue weighted by Crippen LogP contribution is -2.43. The summed E-state index contributed by atoms with van der Waals surface area (Å²) in [6.45, 7) is 1.21. The van der Waals surface area contributed by atoms with Crippen molar-refractivity contribution in [3.05, 3.63) is 12.7 Å². The quantitative estimate of drug-likeness (QED) is 0.650. The Bertz CT molecular complexity index is 762. The normalized spacial score (nSPS) is 22.5. The molecule has 0 amide bonds. The number of carbonyl (C=O) groups is 1. The molecule has 26 heavy (non-hydrogen) atoms. The maximum Gasteiger partial charge on any atom is 0.305 e. The van der Waals surface area contributed by atoms with Gasteiger partial charge < -0.3 is 25.0 Å². The van der Waals surface area contributed by atoms with Crippen molar-refractivity contribution in [2.45, 2.75) is 25.3 Å². The summed E-state index contributed by atoms with van der Waals surface area (Å²) in [4.78, 5) is 26.5. The van der Waals surface area contributed by atoms with Gasteiger partial charge in [0.2, 0.25) is 0 Å². The molecule has 9 heteroatoms. The first-order valence-electron chi connectivity index (χ1n) is 8.85. The average molecular weight is 362 g/mol. The highest BCUT2D eigenvalue weighted by molar-refractivity contribution is 5.81. The molecule has 0 aliphatic heterocycles. The smallest absolute Gasteiger partial charge is 0.305 e. The molecule has 0 radical (unpaired) electrons. The molecule has 142 valence electrons. The van der Waals surface area contributed by atoms with Crippen LogP contribution in [0.4, 0.5) is 5.82 Å². The van der Waals surface area contributed by atoms with E-state index in [4.69, 9.17) is 10.5 Å². The molecule has 1 saturated carbocycles. The Hall–Kier alpha value is -2.26. The molecule has 0 saturated heterocycles. The van der Waals surface area contributed by atoms with Crippen LogP contribution in [0.2, 0.25) is 0 Å². The fraction of sp³-hybridized carbons (Fsp3) is 0.647. The van der Waals surface area contributed by atoms with E-state index in [-0.39, 0.29) is 37.1 Å². The van der Waals surface area contributed by atoms with Crippen LogP contribution in [-0.2, 0) is 9.53 Å². The molecule has 9 nitrogen and oxygen atoms in total. The van der Waals surface area contributed by atoms with E-state index in [1.807, 2.05) is 23.6 Å². The number of hydrogen-bond donors (Lipinski definition) is 2. The van der Waals surface area contributed by atoms with Crippen LogP contribution in [0.5, 0.6) is 0 Å². The highest BCUT2D eigenvalue weighted by Gasteiger charge is 2.43. The van der Waals surface area contributed by atoms with E-state index in [1.165, 1.54) is 6.33 Å². The number of nitrogens with two attached hydrogens (primary N) is 1. The molecule has 3 N–H and O–H groups in total. The molecule has 3 atom stereocenters. The van der Waals surface area contributed by atoms with Crippen molar-refractivity contribution in [3.63, 3.8) is 0 Å². The van der Waals surface area contributed by atoms with Crippen LogP contribution in [0.1, 0.15) is 25.3 Å². The number of ether oxygens (including phenoxy) is 1. The summed E-state index contributed by atoms with van der Waals surface area (Å²) in [5, 5.41) is 9.58. The van der Waals surface area contributed by atoms with E-state index in [2.05, 4.69) is 15.0 Å². The van der Waals surface area contributed by atoms with Gasteiger partial charge in [0.15, 0.2) is 11.5 Å². The minimum Gasteiger partial charge on any atom is -0.465 e. The van der Waals surface area contributed by atoms with Crippen molar-refractivity contribution in [1.82, 2.24) is 24.4 Å². The number of nitrogens with zero attached hydrogens (tertiary/aromatic N) is 5. The Labute approximate surface area is 152 Å². The fourth-order valence-electron chi connectivity index (χ4n) is 3.47. The second kappa shape index (κ2) is 7.96. The average Bonchev–Trinajstić information content (AvgIpc) is 2.99. The zero-order valence-corrected chi connectivity index (χ0v) is 15.2. The summed E-state index contributed by atoms with van der Waals surface area (Å²) >= 11 is 0. The first-order valence-corrected chi connectivity index (χ1v) is 8.85. The number of esters is 1. The summed E-state index contributed by atoms with van der Waals surface area (Å²) in [5.74, 6) is 0.282. The molecular weight excluding hydrogens is 336 g/mol. The van der Waals surface area contributed by atoms with Gasteiger partial charge in [-0.1, -0.05) is 0 Å². The molecule has 0 aromatic carbocycles. The molecule has 0 spiro atoms. The van der Waals surface area contributed by atoms with Crippen molar-refractivity contribution >= 4 is 23.0 Å². The lowest BCUT2D eigenvalue weighted by atomic mass is 9.70. The minimum absolute atomic E-state index is 0.0337. The lowest BCUT2D eigenvalue weighted by Gasteiger charge is -2.44. The van der Waals surface area contributed by atoms with Crippen LogP contribution in [0.25, 0.3) is 11.2 Å². The van der Waals surface area contributed by atoms with Crippen LogP contribution in [-0.4, -0.2) is 69.3 Å². The molecule has 2 heterocycles. The molecule has 3 rings (SSSR count). The third-order valence-electron chi connectivity index (χ3n) is 5.05. The molecular formula is C17H26N6O3. The van der Waals surface area contributed by atoms with Gasteiger partial charge in [-0.25, -0.2) is 15.0 Å². The van der Waals surface area contributed by atoms with Crippen molar-refractivity contribution in [1.29, 1.82) is 0 Å². The van der Waals surface area contributed by atoms with Gasteiger partial charge in [0.1, 0.15) is 11.8 Å². The van der Waals surface area contributed by atoms with Crippen molar-refractivity contribution in [2.75, 3.05) is 39.6 Å². The predicted molar refractivity (Wildman–Crippen MR) is 96.2 cm³/mol. The lowest BCUT2D eigenvalue weighted by molar-refractivity contribution is -0.149. The first-order chi connectivity index (χ1) is 12.5. The summed E-state index contributed by atoms with van der Waals surface area (Å²) in [6.07, 6.45) is 5.06. The Morgan fingerprint density at radius 1 is 1.42 bits per heavy atom. The number of aliphatic hydroxyl groups excluding tert-OH is 1. The first kappa shape index (κ1) is 18.5. The van der Waals surface area contributed by atoms with Gasteiger partial charge in [-0.3, -0.25) is 4.79 Å². The van der Waals surface area contributed by atoms with Crippen LogP contribution < -0.4 is 5.73 Å². The number of anilines is 1. The Morgan fingerprint density at radius 3 is 2.96 bits per heavy atom.